The molecule has 0 saturated carbocycles. The van der Waals surface area contributed by atoms with E-state index in [0.29, 0.717) is 5.58 Å². The first kappa shape index (κ1) is 13.3. The van der Waals surface area contributed by atoms with Crippen LogP contribution in [0.4, 0.5) is 5.82 Å². The van der Waals surface area contributed by atoms with Crippen LogP contribution in [0.2, 0.25) is 5.02 Å². The van der Waals surface area contributed by atoms with E-state index in [-0.39, 0.29) is 23.1 Å². The number of fused-ring (bicyclic) bond motifs is 1. The van der Waals surface area contributed by atoms with E-state index >= 15 is 0 Å². The highest BCUT2D eigenvalue weighted by atomic mass is 35.5. The van der Waals surface area contributed by atoms with E-state index in [4.69, 9.17) is 16.0 Å². The predicted molar refractivity (Wildman–Crippen MR) is 74.4 cm³/mol. The molecule has 0 bridgehead atoms. The average molecular weight is 306 g/mol. The number of aromatic nitrogens is 2. The second-order valence-electron chi connectivity index (χ2n) is 4.33. The maximum absolute atomic E-state index is 12.1. The van der Waals surface area contributed by atoms with Crippen molar-refractivity contribution in [3.8, 4) is 0 Å². The quantitative estimate of drug-likeness (QED) is 0.419. The van der Waals surface area contributed by atoms with Gasteiger partial charge in [-0.15, -0.1) is 0 Å². The normalized spacial score (nSPS) is 10.9. The lowest BCUT2D eigenvalue weighted by molar-refractivity contribution is -0.389. The summed E-state index contributed by atoms with van der Waals surface area (Å²) in [6.45, 7) is -0.187. The van der Waals surface area contributed by atoms with Gasteiger partial charge in [0.2, 0.25) is 5.78 Å². The molecule has 0 atom stereocenters. The summed E-state index contributed by atoms with van der Waals surface area (Å²) in [5, 5.41) is 15.0. The Labute approximate surface area is 122 Å². The van der Waals surface area contributed by atoms with Crippen LogP contribution in [0.3, 0.4) is 0 Å². The van der Waals surface area contributed by atoms with Crippen LogP contribution in [-0.4, -0.2) is 20.5 Å². The largest absolute Gasteiger partial charge is 0.453 e. The maximum atomic E-state index is 12.1. The molecule has 2 aromatic heterocycles. The van der Waals surface area contributed by atoms with E-state index in [1.807, 2.05) is 12.1 Å². The molecule has 0 fully saturated rings. The molecule has 1 aromatic carbocycles. The van der Waals surface area contributed by atoms with Crippen LogP contribution >= 0.6 is 11.6 Å². The number of nitro groups is 1. The lowest BCUT2D eigenvalue weighted by Crippen LogP contribution is -2.10. The van der Waals surface area contributed by atoms with Crippen LogP contribution in [0, 0.1) is 10.1 Å². The SMILES string of the molecule is O=C(Cn1cc(Cl)c([N+](=O)[O-])n1)c1cc2ccccc2o1. The molecule has 0 aliphatic carbocycles. The third-order valence-corrected chi connectivity index (χ3v) is 3.14. The Morgan fingerprint density at radius 3 is 2.86 bits per heavy atom. The van der Waals surface area contributed by atoms with Gasteiger partial charge in [-0.05, 0) is 17.1 Å². The minimum absolute atomic E-state index is 0.114. The maximum Gasteiger partial charge on any atom is 0.408 e. The summed E-state index contributed by atoms with van der Waals surface area (Å²) in [5.41, 5.74) is 0.602. The van der Waals surface area contributed by atoms with Gasteiger partial charge in [-0.2, -0.15) is 4.68 Å². The fraction of sp³-hybridized carbons (Fsp3) is 0.0769. The van der Waals surface area contributed by atoms with Crippen molar-refractivity contribution in [3.05, 3.63) is 57.4 Å². The van der Waals surface area contributed by atoms with E-state index in [1.54, 1.807) is 18.2 Å². The molecule has 0 N–H and O–H groups in total. The molecule has 106 valence electrons. The molecule has 0 unspecified atom stereocenters. The zero-order valence-corrected chi connectivity index (χ0v) is 11.3. The zero-order chi connectivity index (χ0) is 15.0. The second-order valence-corrected chi connectivity index (χ2v) is 4.73. The van der Waals surface area contributed by atoms with Gasteiger partial charge in [-0.25, -0.2) is 0 Å². The number of halogens is 1. The van der Waals surface area contributed by atoms with Gasteiger partial charge in [0.1, 0.15) is 12.1 Å². The van der Waals surface area contributed by atoms with Crippen molar-refractivity contribution in [2.24, 2.45) is 0 Å². The molecule has 0 aliphatic heterocycles. The fourth-order valence-corrected chi connectivity index (χ4v) is 2.16. The van der Waals surface area contributed by atoms with Crippen molar-refractivity contribution < 1.29 is 14.1 Å². The van der Waals surface area contributed by atoms with Crippen molar-refractivity contribution in [3.63, 3.8) is 0 Å². The summed E-state index contributed by atoms with van der Waals surface area (Å²) in [5.74, 6) is -0.653. The number of benzene rings is 1. The number of carbonyl (C=O) groups is 1. The Morgan fingerprint density at radius 2 is 2.19 bits per heavy atom. The van der Waals surface area contributed by atoms with Gasteiger partial charge in [-0.3, -0.25) is 4.79 Å². The van der Waals surface area contributed by atoms with Crippen molar-refractivity contribution >= 4 is 34.2 Å². The molecule has 0 radical (unpaired) electrons. The number of rotatable bonds is 4. The van der Waals surface area contributed by atoms with Gasteiger partial charge in [0.05, 0.1) is 11.3 Å². The summed E-state index contributed by atoms with van der Waals surface area (Å²) < 4.78 is 6.55. The van der Waals surface area contributed by atoms with Gasteiger partial charge < -0.3 is 14.5 Å². The van der Waals surface area contributed by atoms with Crippen molar-refractivity contribution in [2.75, 3.05) is 0 Å². The molecule has 8 heteroatoms. The van der Waals surface area contributed by atoms with Crippen LogP contribution in [0.15, 0.2) is 40.9 Å². The van der Waals surface area contributed by atoms with Crippen LogP contribution in [0.1, 0.15) is 10.6 Å². The third-order valence-electron chi connectivity index (χ3n) is 2.88. The number of carbonyl (C=O) groups excluding carboxylic acids is 1. The second kappa shape index (κ2) is 5.02. The Balaban J connectivity index is 1.86. The molecule has 7 nitrogen and oxygen atoms in total. The minimum atomic E-state index is -0.704. The highest BCUT2D eigenvalue weighted by Crippen LogP contribution is 2.22. The first-order valence-corrected chi connectivity index (χ1v) is 6.31. The minimum Gasteiger partial charge on any atom is -0.453 e. The Hall–Kier alpha value is -2.67. The first-order valence-electron chi connectivity index (χ1n) is 5.94. The standard InChI is InChI=1S/C13H8ClN3O4/c14-9-6-16(15-13(9)17(19)20)7-10(18)12-5-8-3-1-2-4-11(8)21-12/h1-6H,7H2. The van der Waals surface area contributed by atoms with Gasteiger partial charge in [0.15, 0.2) is 10.8 Å². The Morgan fingerprint density at radius 1 is 1.43 bits per heavy atom. The Kier molecular flexibility index (Phi) is 3.19. The van der Waals surface area contributed by atoms with Gasteiger partial charge >= 0.3 is 5.82 Å². The topological polar surface area (TPSA) is 91.2 Å². The number of hydrogen-bond acceptors (Lipinski definition) is 5. The summed E-state index contributed by atoms with van der Waals surface area (Å²) in [7, 11) is 0. The number of furan rings is 1. The van der Waals surface area contributed by atoms with E-state index < -0.39 is 10.7 Å². The summed E-state index contributed by atoms with van der Waals surface area (Å²) in [6, 6.07) is 8.84. The van der Waals surface area contributed by atoms with Gasteiger partial charge in [0.25, 0.3) is 0 Å². The summed E-state index contributed by atoms with van der Waals surface area (Å²) in [6.07, 6.45) is 1.24. The highest BCUT2D eigenvalue weighted by molar-refractivity contribution is 6.32. The summed E-state index contributed by atoms with van der Waals surface area (Å²) >= 11 is 5.67. The molecule has 0 aliphatic rings. The average Bonchev–Trinajstić information content (AvgIpc) is 3.02. The number of Topliss-reactive ketones (excluding diaryl/α,β-unsaturated/α-hetero) is 1. The molecule has 21 heavy (non-hydrogen) atoms. The first-order chi connectivity index (χ1) is 10.0. The number of ketones is 1. The third kappa shape index (κ3) is 2.50. The Bertz CT molecular complexity index is 819. The lowest BCUT2D eigenvalue weighted by atomic mass is 10.2. The van der Waals surface area contributed by atoms with Crippen LogP contribution in [-0.2, 0) is 6.54 Å². The van der Waals surface area contributed by atoms with Crippen LogP contribution in [0.25, 0.3) is 11.0 Å². The van der Waals surface area contributed by atoms with E-state index in [1.165, 1.54) is 6.20 Å². The van der Waals surface area contributed by atoms with Gasteiger partial charge in [0, 0.05) is 5.39 Å². The number of hydrogen-bond donors (Lipinski definition) is 0. The summed E-state index contributed by atoms with van der Waals surface area (Å²) in [4.78, 5) is 22.1. The molecular weight excluding hydrogens is 298 g/mol. The predicted octanol–water partition coefficient (Wildman–Crippen LogP) is 3.07. The molecule has 3 rings (SSSR count). The monoisotopic (exact) mass is 305 g/mol. The smallest absolute Gasteiger partial charge is 0.408 e. The highest BCUT2D eigenvalue weighted by Gasteiger charge is 2.21. The van der Waals surface area contributed by atoms with Crippen molar-refractivity contribution in [2.45, 2.75) is 6.54 Å². The van der Waals surface area contributed by atoms with Gasteiger partial charge in [-0.1, -0.05) is 29.8 Å². The van der Waals surface area contributed by atoms with Crippen LogP contribution < -0.4 is 0 Å². The van der Waals surface area contributed by atoms with Crippen LogP contribution in [0.5, 0.6) is 0 Å². The molecule has 3 aromatic rings. The molecular formula is C13H8ClN3O4. The van der Waals surface area contributed by atoms with Crippen molar-refractivity contribution in [1.82, 2.24) is 9.78 Å². The molecule has 2 heterocycles. The number of nitrogens with zero attached hydrogens (tertiary/aromatic N) is 3. The molecule has 0 saturated heterocycles. The zero-order valence-electron chi connectivity index (χ0n) is 10.5. The molecule has 0 spiro atoms. The van der Waals surface area contributed by atoms with E-state index in [2.05, 4.69) is 5.10 Å². The van der Waals surface area contributed by atoms with E-state index in [9.17, 15) is 14.9 Å². The van der Waals surface area contributed by atoms with Crippen molar-refractivity contribution in [1.29, 1.82) is 0 Å². The lowest BCUT2D eigenvalue weighted by Gasteiger charge is -1.93. The molecule has 0 amide bonds. The number of para-hydroxylation sites is 1. The fourth-order valence-electron chi connectivity index (χ4n) is 1.94. The van der Waals surface area contributed by atoms with E-state index in [0.717, 1.165) is 10.1 Å².